The second-order valence-corrected chi connectivity index (χ2v) is 1.20. The van der Waals surface area contributed by atoms with Crippen LogP contribution in [0.3, 0.4) is 0 Å². The van der Waals surface area contributed by atoms with Crippen LogP contribution >= 0.6 is 12.4 Å². The molecule has 5 heteroatoms. The number of halogens is 1. The first kappa shape index (κ1) is 11.5. The highest BCUT2D eigenvalue weighted by atomic mass is 35.5. The first-order valence-corrected chi connectivity index (χ1v) is 2.28. The quantitative estimate of drug-likeness (QED) is 0.407. The highest BCUT2D eigenvalue weighted by Gasteiger charge is 2.07. The summed E-state index contributed by atoms with van der Waals surface area (Å²) in [4.78, 5) is 10.1. The molecule has 9 heavy (non-hydrogen) atoms. The average molecular weight is 156 g/mol. The molecule has 0 fully saturated rings. The molecule has 3 N–H and O–H groups in total. The smallest absolute Gasteiger partial charge is 0.350 e. The summed E-state index contributed by atoms with van der Waals surface area (Å²) in [5.41, 5.74) is 4.70. The van der Waals surface area contributed by atoms with E-state index >= 15 is 0 Å². The fourth-order valence-electron chi connectivity index (χ4n) is 0.228. The number of hydrogen-bond donors (Lipinski definition) is 2. The summed E-state index contributed by atoms with van der Waals surface area (Å²) in [5.74, 6) is -0.785. The molecule has 0 saturated heterocycles. The molecule has 0 aromatic heterocycles. The molecule has 1 atom stereocenters. The summed E-state index contributed by atoms with van der Waals surface area (Å²) in [6.45, 7) is 1.88. The summed E-state index contributed by atoms with van der Waals surface area (Å²) in [7, 11) is 0. The fraction of sp³-hybridized carbons (Fsp3) is 0.750. The van der Waals surface area contributed by atoms with Crippen molar-refractivity contribution in [3.8, 4) is 0 Å². The van der Waals surface area contributed by atoms with Crippen molar-refractivity contribution in [3.63, 3.8) is 0 Å². The van der Waals surface area contributed by atoms with Crippen molar-refractivity contribution >= 4 is 18.4 Å². The fourth-order valence-corrected chi connectivity index (χ4v) is 0.228. The van der Waals surface area contributed by atoms with Gasteiger partial charge >= 0.3 is 5.97 Å². The Balaban J connectivity index is 0. The molecule has 0 aliphatic heterocycles. The van der Waals surface area contributed by atoms with Crippen molar-refractivity contribution in [3.05, 3.63) is 0 Å². The molecular weight excluding hydrogens is 146 g/mol. The lowest BCUT2D eigenvalue weighted by atomic mass is 10.6. The predicted octanol–water partition coefficient (Wildman–Crippen LogP) is -0.752. The van der Waals surface area contributed by atoms with E-state index in [9.17, 15) is 4.79 Å². The Morgan fingerprint density at radius 3 is 2.44 bits per heavy atom. The van der Waals surface area contributed by atoms with Crippen LogP contribution in [0, 0.1) is 0 Å². The number of rotatable bonds is 2. The van der Waals surface area contributed by atoms with Gasteiger partial charge in [-0.25, -0.2) is 4.79 Å². The van der Waals surface area contributed by atoms with Gasteiger partial charge in [-0.1, -0.05) is 0 Å². The molecule has 0 heterocycles. The van der Waals surface area contributed by atoms with Crippen LogP contribution in [-0.4, -0.2) is 23.9 Å². The molecule has 0 rings (SSSR count). The monoisotopic (exact) mass is 155 g/mol. The third-order valence-electron chi connectivity index (χ3n) is 0.528. The van der Waals surface area contributed by atoms with Crippen molar-refractivity contribution in [2.45, 2.75) is 13.2 Å². The van der Waals surface area contributed by atoms with E-state index in [0.717, 1.165) is 0 Å². The van der Waals surface area contributed by atoms with Crippen LogP contribution in [-0.2, 0) is 9.53 Å². The van der Waals surface area contributed by atoms with Crippen molar-refractivity contribution in [1.29, 1.82) is 0 Å². The zero-order valence-electron chi connectivity index (χ0n) is 5.03. The second kappa shape index (κ2) is 5.81. The summed E-state index contributed by atoms with van der Waals surface area (Å²) in [6, 6.07) is 0. The van der Waals surface area contributed by atoms with E-state index < -0.39 is 12.2 Å². The minimum Gasteiger partial charge on any atom is -0.463 e. The Morgan fingerprint density at radius 1 is 1.89 bits per heavy atom. The second-order valence-electron chi connectivity index (χ2n) is 1.20. The Bertz CT molecular complexity index is 85.9. The predicted molar refractivity (Wildman–Crippen MR) is 34.1 cm³/mol. The zero-order valence-corrected chi connectivity index (χ0v) is 5.85. The maximum Gasteiger partial charge on any atom is 0.350 e. The van der Waals surface area contributed by atoms with E-state index in [0.29, 0.717) is 0 Å². The van der Waals surface area contributed by atoms with E-state index in [-0.39, 0.29) is 19.0 Å². The number of esters is 1. The number of aliphatic hydroxyl groups is 1. The Morgan fingerprint density at radius 2 is 2.33 bits per heavy atom. The topological polar surface area (TPSA) is 72.5 Å². The van der Waals surface area contributed by atoms with Crippen LogP contribution in [0.4, 0.5) is 0 Å². The number of ether oxygens (including phenoxy) is 1. The Labute approximate surface area is 59.4 Å². The molecule has 0 aromatic carbocycles. The molecule has 1 unspecified atom stereocenters. The minimum atomic E-state index is -1.49. The molecule has 0 spiro atoms. The molecule has 0 bridgehead atoms. The van der Waals surface area contributed by atoms with E-state index in [4.69, 9.17) is 10.8 Å². The van der Waals surface area contributed by atoms with Gasteiger partial charge in [-0.05, 0) is 6.92 Å². The molecule has 0 saturated carbocycles. The van der Waals surface area contributed by atoms with Gasteiger partial charge in [0.25, 0.3) is 0 Å². The first-order chi connectivity index (χ1) is 3.68. The van der Waals surface area contributed by atoms with Gasteiger partial charge in [0, 0.05) is 0 Å². The van der Waals surface area contributed by atoms with Gasteiger partial charge in [0.1, 0.15) is 0 Å². The highest BCUT2D eigenvalue weighted by Crippen LogP contribution is 1.77. The summed E-state index contributed by atoms with van der Waals surface area (Å²) < 4.78 is 4.29. The molecule has 0 aliphatic carbocycles. The standard InChI is InChI=1S/C4H9NO3.ClH/c1-2-8-4(7)3(5)6;/h3,6H,2,5H2,1H3;1H. The van der Waals surface area contributed by atoms with Gasteiger partial charge in [0.2, 0.25) is 6.23 Å². The lowest BCUT2D eigenvalue weighted by molar-refractivity contribution is -0.152. The number of hydrogen-bond acceptors (Lipinski definition) is 4. The maximum absolute atomic E-state index is 10.1. The van der Waals surface area contributed by atoms with Gasteiger partial charge in [-0.15, -0.1) is 12.4 Å². The van der Waals surface area contributed by atoms with Crippen LogP contribution in [0.25, 0.3) is 0 Å². The maximum atomic E-state index is 10.1. The summed E-state index contributed by atoms with van der Waals surface area (Å²) >= 11 is 0. The van der Waals surface area contributed by atoms with Crippen LogP contribution < -0.4 is 5.73 Å². The lowest BCUT2D eigenvalue weighted by Crippen LogP contribution is -2.31. The molecule has 0 aromatic rings. The number of carbonyl (C=O) groups is 1. The van der Waals surface area contributed by atoms with E-state index in [1.165, 1.54) is 0 Å². The van der Waals surface area contributed by atoms with Crippen LogP contribution in [0.1, 0.15) is 6.92 Å². The number of aliphatic hydroxyl groups excluding tert-OH is 1. The van der Waals surface area contributed by atoms with E-state index in [1.54, 1.807) is 6.92 Å². The van der Waals surface area contributed by atoms with E-state index in [2.05, 4.69) is 4.74 Å². The molecule has 0 amide bonds. The third-order valence-corrected chi connectivity index (χ3v) is 0.528. The Hall–Kier alpha value is -0.320. The van der Waals surface area contributed by atoms with Gasteiger partial charge in [-0.2, -0.15) is 0 Å². The van der Waals surface area contributed by atoms with Gasteiger partial charge in [0.15, 0.2) is 0 Å². The van der Waals surface area contributed by atoms with Crippen LogP contribution in [0.2, 0.25) is 0 Å². The van der Waals surface area contributed by atoms with E-state index in [1.807, 2.05) is 0 Å². The highest BCUT2D eigenvalue weighted by molar-refractivity contribution is 5.85. The summed E-state index contributed by atoms with van der Waals surface area (Å²) in [5, 5.41) is 8.26. The Kier molecular flexibility index (Phi) is 7.41. The average Bonchev–Trinajstić information content (AvgIpc) is 1.67. The van der Waals surface area contributed by atoms with Crippen molar-refractivity contribution < 1.29 is 14.6 Å². The molecule has 4 nitrogen and oxygen atoms in total. The largest absolute Gasteiger partial charge is 0.463 e. The zero-order chi connectivity index (χ0) is 6.57. The third kappa shape index (κ3) is 5.55. The van der Waals surface area contributed by atoms with Crippen molar-refractivity contribution in [2.75, 3.05) is 6.61 Å². The van der Waals surface area contributed by atoms with Gasteiger partial charge < -0.3 is 9.84 Å². The van der Waals surface area contributed by atoms with Crippen LogP contribution in [0.5, 0.6) is 0 Å². The van der Waals surface area contributed by atoms with Gasteiger partial charge in [-0.3, -0.25) is 5.73 Å². The van der Waals surface area contributed by atoms with Crippen molar-refractivity contribution in [2.24, 2.45) is 5.73 Å². The number of nitrogens with two attached hydrogens (primary N) is 1. The normalized spacial score (nSPS) is 11.4. The molecule has 0 aliphatic rings. The SMILES string of the molecule is CCOC(=O)C(N)O.Cl. The lowest BCUT2D eigenvalue weighted by Gasteiger charge is -2.01. The van der Waals surface area contributed by atoms with Crippen molar-refractivity contribution in [1.82, 2.24) is 0 Å². The molecule has 56 valence electrons. The number of carbonyl (C=O) groups excluding carboxylic acids is 1. The molecule has 0 radical (unpaired) electrons. The van der Waals surface area contributed by atoms with Gasteiger partial charge in [0.05, 0.1) is 6.61 Å². The summed E-state index contributed by atoms with van der Waals surface area (Å²) in [6.07, 6.45) is -1.49. The minimum absolute atomic E-state index is 0. The first-order valence-electron chi connectivity index (χ1n) is 2.28. The van der Waals surface area contributed by atoms with Crippen LogP contribution in [0.15, 0.2) is 0 Å². The molecular formula is C4H10ClNO3.